The van der Waals surface area contributed by atoms with E-state index in [4.69, 9.17) is 4.42 Å². The summed E-state index contributed by atoms with van der Waals surface area (Å²) < 4.78 is 5.30. The van der Waals surface area contributed by atoms with Crippen molar-refractivity contribution in [3.8, 4) is 0 Å². The molecule has 0 spiro atoms. The standard InChI is InChI=1S/C19H24N2O2S/c1-15(24-14-18-6-5-13-23-18)19(22)20-16-7-9-17(10-8-16)21-11-3-2-4-12-21/h5-10,13,15H,2-4,11-12,14H2,1H3,(H,20,22)/t15-/m1/s1. The Morgan fingerprint density at radius 3 is 2.62 bits per heavy atom. The van der Waals surface area contributed by atoms with Gasteiger partial charge in [0.2, 0.25) is 5.91 Å². The highest BCUT2D eigenvalue weighted by atomic mass is 32.2. The van der Waals surface area contributed by atoms with Gasteiger partial charge < -0.3 is 14.6 Å². The number of anilines is 2. The predicted molar refractivity (Wildman–Crippen MR) is 101 cm³/mol. The molecule has 1 aliphatic heterocycles. The monoisotopic (exact) mass is 344 g/mol. The molecule has 1 amide bonds. The molecule has 1 aromatic carbocycles. The molecule has 0 unspecified atom stereocenters. The Morgan fingerprint density at radius 2 is 1.96 bits per heavy atom. The van der Waals surface area contributed by atoms with Gasteiger partial charge in [0.25, 0.3) is 0 Å². The van der Waals surface area contributed by atoms with Crippen molar-refractivity contribution in [2.24, 2.45) is 0 Å². The molecule has 2 heterocycles. The first kappa shape index (κ1) is 17.0. The van der Waals surface area contributed by atoms with Crippen LogP contribution in [-0.4, -0.2) is 24.2 Å². The highest BCUT2D eigenvalue weighted by Gasteiger charge is 2.15. The van der Waals surface area contributed by atoms with Crippen molar-refractivity contribution < 1.29 is 9.21 Å². The Bertz CT molecular complexity index is 634. The van der Waals surface area contributed by atoms with E-state index in [9.17, 15) is 4.79 Å². The van der Waals surface area contributed by atoms with E-state index < -0.39 is 0 Å². The van der Waals surface area contributed by atoms with Gasteiger partial charge >= 0.3 is 0 Å². The van der Waals surface area contributed by atoms with Gasteiger partial charge in [0, 0.05) is 24.5 Å². The minimum Gasteiger partial charge on any atom is -0.468 e. The smallest absolute Gasteiger partial charge is 0.237 e. The van der Waals surface area contributed by atoms with Crippen LogP contribution in [0.5, 0.6) is 0 Å². The van der Waals surface area contributed by atoms with Gasteiger partial charge in [-0.15, -0.1) is 11.8 Å². The maximum absolute atomic E-state index is 12.3. The Kier molecular flexibility index (Phi) is 5.86. The molecule has 3 rings (SSSR count). The number of carbonyl (C=O) groups is 1. The zero-order valence-electron chi connectivity index (χ0n) is 14.0. The molecule has 1 saturated heterocycles. The van der Waals surface area contributed by atoms with E-state index in [0.29, 0.717) is 5.75 Å². The molecule has 1 N–H and O–H groups in total. The first-order valence-electron chi connectivity index (χ1n) is 8.52. The fourth-order valence-corrected chi connectivity index (χ4v) is 3.62. The zero-order valence-corrected chi connectivity index (χ0v) is 14.8. The van der Waals surface area contributed by atoms with Gasteiger partial charge in [-0.05, 0) is 62.6 Å². The van der Waals surface area contributed by atoms with Crippen molar-refractivity contribution in [2.75, 3.05) is 23.3 Å². The van der Waals surface area contributed by atoms with Crippen LogP contribution >= 0.6 is 11.8 Å². The molecular weight excluding hydrogens is 320 g/mol. The molecule has 0 radical (unpaired) electrons. The van der Waals surface area contributed by atoms with Crippen molar-refractivity contribution in [1.29, 1.82) is 0 Å². The van der Waals surface area contributed by atoms with Gasteiger partial charge in [-0.3, -0.25) is 4.79 Å². The molecule has 4 nitrogen and oxygen atoms in total. The lowest BCUT2D eigenvalue weighted by Gasteiger charge is -2.28. The van der Waals surface area contributed by atoms with E-state index in [-0.39, 0.29) is 11.2 Å². The van der Waals surface area contributed by atoms with E-state index in [0.717, 1.165) is 24.5 Å². The number of carbonyl (C=O) groups excluding carboxylic acids is 1. The normalized spacial score (nSPS) is 16.0. The Morgan fingerprint density at radius 1 is 1.21 bits per heavy atom. The number of benzene rings is 1. The van der Waals surface area contributed by atoms with E-state index in [1.54, 1.807) is 18.0 Å². The Hall–Kier alpha value is -1.88. The number of nitrogens with zero attached hydrogens (tertiary/aromatic N) is 1. The number of rotatable bonds is 6. The third kappa shape index (κ3) is 4.57. The molecular formula is C19H24N2O2S. The SMILES string of the molecule is C[C@@H](SCc1ccco1)C(=O)Nc1ccc(N2CCCCC2)cc1. The van der Waals surface area contributed by atoms with Gasteiger partial charge in [0.15, 0.2) is 0 Å². The second-order valence-corrected chi connectivity index (χ2v) is 7.45. The van der Waals surface area contributed by atoms with Crippen molar-refractivity contribution in [3.05, 3.63) is 48.4 Å². The molecule has 1 aromatic heterocycles. The topological polar surface area (TPSA) is 45.5 Å². The number of hydrogen-bond donors (Lipinski definition) is 1. The lowest BCUT2D eigenvalue weighted by atomic mass is 10.1. The number of piperidine rings is 1. The third-order valence-electron chi connectivity index (χ3n) is 4.28. The molecule has 0 saturated carbocycles. The number of hydrogen-bond acceptors (Lipinski definition) is 4. The third-order valence-corrected chi connectivity index (χ3v) is 5.45. The number of nitrogens with one attached hydrogen (secondary N) is 1. The van der Waals surface area contributed by atoms with Crippen molar-refractivity contribution >= 4 is 29.0 Å². The van der Waals surface area contributed by atoms with Crippen LogP contribution < -0.4 is 10.2 Å². The molecule has 1 fully saturated rings. The molecule has 0 aliphatic carbocycles. The van der Waals surface area contributed by atoms with Gasteiger partial charge in [-0.1, -0.05) is 0 Å². The summed E-state index contributed by atoms with van der Waals surface area (Å²) in [6, 6.07) is 12.0. The summed E-state index contributed by atoms with van der Waals surface area (Å²) in [7, 11) is 0. The van der Waals surface area contributed by atoms with Crippen LogP contribution in [0.2, 0.25) is 0 Å². The summed E-state index contributed by atoms with van der Waals surface area (Å²) in [6.45, 7) is 4.18. The number of amides is 1. The maximum Gasteiger partial charge on any atom is 0.237 e. The minimum atomic E-state index is -0.128. The summed E-state index contributed by atoms with van der Waals surface area (Å²) in [5.41, 5.74) is 2.10. The fraction of sp³-hybridized carbons (Fsp3) is 0.421. The van der Waals surface area contributed by atoms with Crippen molar-refractivity contribution in [1.82, 2.24) is 0 Å². The molecule has 5 heteroatoms. The second kappa shape index (κ2) is 8.29. The van der Waals surface area contributed by atoms with Gasteiger partial charge in [-0.25, -0.2) is 0 Å². The van der Waals surface area contributed by atoms with Gasteiger partial charge in [-0.2, -0.15) is 0 Å². The lowest BCUT2D eigenvalue weighted by Crippen LogP contribution is -2.29. The summed E-state index contributed by atoms with van der Waals surface area (Å²) in [4.78, 5) is 14.7. The highest BCUT2D eigenvalue weighted by Crippen LogP contribution is 2.23. The molecule has 128 valence electrons. The van der Waals surface area contributed by atoms with Crippen LogP contribution in [0.3, 0.4) is 0 Å². The molecule has 1 atom stereocenters. The lowest BCUT2D eigenvalue weighted by molar-refractivity contribution is -0.115. The molecule has 2 aromatic rings. The van der Waals surface area contributed by atoms with E-state index in [1.165, 1.54) is 24.9 Å². The molecule has 24 heavy (non-hydrogen) atoms. The van der Waals surface area contributed by atoms with Crippen LogP contribution in [0.25, 0.3) is 0 Å². The summed E-state index contributed by atoms with van der Waals surface area (Å²) in [5.74, 6) is 1.62. The van der Waals surface area contributed by atoms with Crippen LogP contribution in [0.15, 0.2) is 47.1 Å². The van der Waals surface area contributed by atoms with Crippen LogP contribution in [-0.2, 0) is 10.5 Å². The van der Waals surface area contributed by atoms with E-state index in [1.807, 2.05) is 31.2 Å². The van der Waals surface area contributed by atoms with Crippen LogP contribution in [0, 0.1) is 0 Å². The molecule has 1 aliphatic rings. The summed E-state index contributed by atoms with van der Waals surface area (Å²) >= 11 is 1.57. The quantitative estimate of drug-likeness (QED) is 0.836. The predicted octanol–water partition coefficient (Wildman–Crippen LogP) is 4.53. The fourth-order valence-electron chi connectivity index (χ4n) is 2.83. The zero-order chi connectivity index (χ0) is 16.8. The average molecular weight is 344 g/mol. The van der Waals surface area contributed by atoms with Crippen LogP contribution in [0.4, 0.5) is 11.4 Å². The summed E-state index contributed by atoms with van der Waals surface area (Å²) in [5, 5.41) is 2.87. The van der Waals surface area contributed by atoms with E-state index >= 15 is 0 Å². The Labute approximate surface area is 147 Å². The van der Waals surface area contributed by atoms with Gasteiger partial charge in [0.05, 0.1) is 17.3 Å². The van der Waals surface area contributed by atoms with Gasteiger partial charge in [0.1, 0.15) is 5.76 Å². The number of thioether (sulfide) groups is 1. The van der Waals surface area contributed by atoms with Crippen LogP contribution in [0.1, 0.15) is 31.9 Å². The first-order chi connectivity index (χ1) is 11.7. The Balaban J connectivity index is 1.50. The second-order valence-electron chi connectivity index (χ2n) is 6.12. The highest BCUT2D eigenvalue weighted by molar-refractivity contribution is 7.99. The van der Waals surface area contributed by atoms with Crippen molar-refractivity contribution in [3.63, 3.8) is 0 Å². The minimum absolute atomic E-state index is 0.0253. The largest absolute Gasteiger partial charge is 0.468 e. The average Bonchev–Trinajstić information content (AvgIpc) is 3.14. The maximum atomic E-state index is 12.3. The number of furan rings is 1. The summed E-state index contributed by atoms with van der Waals surface area (Å²) in [6.07, 6.45) is 5.52. The molecule has 0 bridgehead atoms. The van der Waals surface area contributed by atoms with E-state index in [2.05, 4.69) is 22.3 Å². The van der Waals surface area contributed by atoms with Crippen molar-refractivity contribution in [2.45, 2.75) is 37.2 Å². The first-order valence-corrected chi connectivity index (χ1v) is 9.57.